The number of aromatic amines is 1. The Morgan fingerprint density at radius 1 is 0.923 bits per heavy atom. The molecule has 0 fully saturated rings. The average molecular weight is 728 g/mol. The Labute approximate surface area is 302 Å². The largest absolute Gasteiger partial charge is 0.493 e. The van der Waals surface area contributed by atoms with Crippen LogP contribution >= 0.6 is 0 Å². The number of nitrogens with one attached hydrogen (secondary N) is 1. The lowest BCUT2D eigenvalue weighted by atomic mass is 9.99. The van der Waals surface area contributed by atoms with Gasteiger partial charge in [0.1, 0.15) is 31.1 Å². The van der Waals surface area contributed by atoms with E-state index in [9.17, 15) is 13.0 Å². The maximum Gasteiger partial charge on any atom is 0.294 e. The van der Waals surface area contributed by atoms with Crippen molar-refractivity contribution in [1.82, 2.24) is 14.9 Å². The first-order valence-corrected chi connectivity index (χ1v) is 18.5. The summed E-state index contributed by atoms with van der Waals surface area (Å²) in [6, 6.07) is 20.0. The highest BCUT2D eigenvalue weighted by atomic mass is 32.2. The van der Waals surface area contributed by atoms with Crippen LogP contribution in [-0.4, -0.2) is 87.1 Å². The van der Waals surface area contributed by atoms with Crippen LogP contribution in [0, 0.1) is 6.92 Å². The standard InChI is InChI=1S/C22H23N3O3.C17H18O6S/c1-26-19-5-2-6-20-21(19)28-16(14-27-20)13-25-10-7-15(8-11-25)18-12-24-22-17(18)4-3-9-23-22;1-11-6-7-16(24(18,19)20)12(8-11)9-13-10-22-15-5-3-4-14(21-2)17(15)23-13/h2-7,9,12,16H,8,10-11,13-14H2,1H3,(H,23,24);3-8,13H,9-10H2,1-2H3,(H,18,19,20)/t;13-/m.1/s1. The topological polar surface area (TPSA) is 142 Å². The Balaban J connectivity index is 0.000000164. The first-order chi connectivity index (χ1) is 25.2. The second kappa shape index (κ2) is 15.2. The van der Waals surface area contributed by atoms with Gasteiger partial charge in [-0.3, -0.25) is 9.45 Å². The molecule has 0 amide bonds. The van der Waals surface area contributed by atoms with Crippen LogP contribution < -0.4 is 28.4 Å². The van der Waals surface area contributed by atoms with Crippen LogP contribution in [0.4, 0.5) is 0 Å². The lowest BCUT2D eigenvalue weighted by Gasteiger charge is -2.33. The molecule has 5 aromatic rings. The highest BCUT2D eigenvalue weighted by molar-refractivity contribution is 7.85. The molecule has 0 spiro atoms. The van der Waals surface area contributed by atoms with E-state index >= 15 is 0 Å². The molecule has 52 heavy (non-hydrogen) atoms. The van der Waals surface area contributed by atoms with Gasteiger partial charge in [-0.2, -0.15) is 8.42 Å². The smallest absolute Gasteiger partial charge is 0.294 e. The quantitative estimate of drug-likeness (QED) is 0.178. The fourth-order valence-electron chi connectivity index (χ4n) is 6.73. The molecule has 0 aliphatic carbocycles. The molecule has 0 saturated carbocycles. The highest BCUT2D eigenvalue weighted by Gasteiger charge is 2.28. The van der Waals surface area contributed by atoms with E-state index in [4.69, 9.17) is 28.4 Å². The summed E-state index contributed by atoms with van der Waals surface area (Å²) in [5.74, 6) is 3.82. The van der Waals surface area contributed by atoms with Crippen LogP contribution in [0.1, 0.15) is 23.1 Å². The van der Waals surface area contributed by atoms with Gasteiger partial charge in [0, 0.05) is 49.4 Å². The molecular formula is C39H41N3O9S. The number of hydrogen-bond acceptors (Lipinski definition) is 10. The minimum Gasteiger partial charge on any atom is -0.493 e. The molecule has 2 N–H and O–H groups in total. The number of ether oxygens (including phenoxy) is 6. The van der Waals surface area contributed by atoms with Crippen LogP contribution in [-0.2, 0) is 16.5 Å². The molecular weight excluding hydrogens is 687 g/mol. The number of para-hydroxylation sites is 2. The van der Waals surface area contributed by atoms with E-state index in [1.165, 1.54) is 22.6 Å². The van der Waals surface area contributed by atoms with Gasteiger partial charge >= 0.3 is 0 Å². The van der Waals surface area contributed by atoms with E-state index in [0.717, 1.165) is 48.8 Å². The van der Waals surface area contributed by atoms with E-state index in [1.54, 1.807) is 44.6 Å². The second-order valence-corrected chi connectivity index (χ2v) is 14.2. The Morgan fingerprint density at radius 2 is 1.62 bits per heavy atom. The lowest BCUT2D eigenvalue weighted by Crippen LogP contribution is -2.42. The minimum atomic E-state index is -4.30. The third-order valence-corrected chi connectivity index (χ3v) is 10.2. The van der Waals surface area contributed by atoms with E-state index in [1.807, 2.05) is 37.4 Å². The first-order valence-electron chi connectivity index (χ1n) is 17.0. The maximum absolute atomic E-state index is 11.6. The number of benzene rings is 3. The van der Waals surface area contributed by atoms with Gasteiger partial charge in [-0.1, -0.05) is 35.9 Å². The molecule has 8 rings (SSSR count). The minimum absolute atomic E-state index is 0.00367. The first kappa shape index (κ1) is 35.2. The zero-order chi connectivity index (χ0) is 36.2. The Bertz CT molecular complexity index is 2170. The molecule has 3 aliphatic heterocycles. The van der Waals surface area contributed by atoms with Gasteiger partial charge in [-0.05, 0) is 66.9 Å². The summed E-state index contributed by atoms with van der Waals surface area (Å²) < 4.78 is 66.9. The number of H-pyrrole nitrogens is 1. The predicted molar refractivity (Wildman–Crippen MR) is 196 cm³/mol. The summed E-state index contributed by atoms with van der Waals surface area (Å²) in [6.45, 7) is 5.42. The number of hydrogen-bond donors (Lipinski definition) is 2. The summed E-state index contributed by atoms with van der Waals surface area (Å²) in [5, 5.41) is 1.19. The van der Waals surface area contributed by atoms with Gasteiger partial charge in [0.25, 0.3) is 10.1 Å². The molecule has 12 nitrogen and oxygen atoms in total. The number of pyridine rings is 1. The summed E-state index contributed by atoms with van der Waals surface area (Å²) in [7, 11) is -1.10. The molecule has 3 aliphatic rings. The van der Waals surface area contributed by atoms with Crippen molar-refractivity contribution >= 4 is 26.7 Å². The molecule has 0 radical (unpaired) electrons. The van der Waals surface area contributed by atoms with Gasteiger partial charge in [-0.25, -0.2) is 4.98 Å². The van der Waals surface area contributed by atoms with Crippen LogP contribution in [0.3, 0.4) is 0 Å². The van der Waals surface area contributed by atoms with Gasteiger partial charge in [0.05, 0.1) is 19.1 Å². The molecule has 0 bridgehead atoms. The lowest BCUT2D eigenvalue weighted by molar-refractivity contribution is 0.0586. The van der Waals surface area contributed by atoms with Crippen molar-refractivity contribution in [2.24, 2.45) is 0 Å². The van der Waals surface area contributed by atoms with Crippen LogP contribution in [0.5, 0.6) is 34.5 Å². The Hall–Kier alpha value is -5.24. The number of aromatic nitrogens is 2. The summed E-state index contributed by atoms with van der Waals surface area (Å²) >= 11 is 0. The van der Waals surface area contributed by atoms with E-state index in [2.05, 4.69) is 33.2 Å². The summed E-state index contributed by atoms with van der Waals surface area (Å²) in [4.78, 5) is 9.96. The normalized spacial score (nSPS) is 18.2. The molecule has 3 aromatic carbocycles. The van der Waals surface area contributed by atoms with E-state index in [-0.39, 0.29) is 24.0 Å². The zero-order valence-electron chi connectivity index (χ0n) is 29.2. The highest BCUT2D eigenvalue weighted by Crippen LogP contribution is 2.41. The summed E-state index contributed by atoms with van der Waals surface area (Å²) in [6.07, 6.45) is 7.10. The Kier molecular flexibility index (Phi) is 10.3. The number of aryl methyl sites for hydroxylation is 1. The fraction of sp³-hybridized carbons (Fsp3) is 0.308. The van der Waals surface area contributed by atoms with Crippen molar-refractivity contribution in [3.05, 3.63) is 102 Å². The molecule has 1 unspecified atom stereocenters. The number of nitrogens with zero attached hydrogens (tertiary/aromatic N) is 2. The SMILES string of the molecule is COc1cccc2c1OC(CN1CC=C(c3c[nH]c4ncccc34)CC1)CO2.COc1cccc2c1O[C@H](Cc1cc(C)ccc1S(=O)(=O)O)CO2. The number of methoxy groups -OCH3 is 2. The third-order valence-electron chi connectivity index (χ3n) is 9.24. The summed E-state index contributed by atoms with van der Waals surface area (Å²) in [5.41, 5.74) is 4.97. The van der Waals surface area contributed by atoms with Crippen molar-refractivity contribution in [3.63, 3.8) is 0 Å². The van der Waals surface area contributed by atoms with Crippen molar-refractivity contribution in [3.8, 4) is 34.5 Å². The van der Waals surface area contributed by atoms with Gasteiger partial charge in [0.2, 0.25) is 11.5 Å². The molecule has 2 atom stereocenters. The van der Waals surface area contributed by atoms with E-state index in [0.29, 0.717) is 35.2 Å². The van der Waals surface area contributed by atoms with Crippen molar-refractivity contribution in [2.75, 3.05) is 47.1 Å². The third kappa shape index (κ3) is 7.66. The maximum atomic E-state index is 11.6. The average Bonchev–Trinajstić information content (AvgIpc) is 3.59. The zero-order valence-corrected chi connectivity index (χ0v) is 30.0. The van der Waals surface area contributed by atoms with Crippen molar-refractivity contribution in [1.29, 1.82) is 0 Å². The molecule has 2 aromatic heterocycles. The van der Waals surface area contributed by atoms with Crippen molar-refractivity contribution < 1.29 is 41.4 Å². The monoisotopic (exact) mass is 727 g/mol. The molecule has 5 heterocycles. The predicted octanol–water partition coefficient (Wildman–Crippen LogP) is 6.13. The van der Waals surface area contributed by atoms with Crippen molar-refractivity contribution in [2.45, 2.75) is 36.9 Å². The van der Waals surface area contributed by atoms with Gasteiger partial charge in [-0.15, -0.1) is 0 Å². The molecule has 272 valence electrons. The number of fused-ring (bicyclic) bond motifs is 3. The van der Waals surface area contributed by atoms with Crippen LogP contribution in [0.15, 0.2) is 90.1 Å². The fourth-order valence-corrected chi connectivity index (χ4v) is 7.44. The molecule has 13 heteroatoms. The molecule has 0 saturated heterocycles. The number of rotatable bonds is 8. The van der Waals surface area contributed by atoms with E-state index < -0.39 is 16.2 Å². The van der Waals surface area contributed by atoms with Crippen LogP contribution in [0.2, 0.25) is 0 Å². The van der Waals surface area contributed by atoms with Gasteiger partial charge in [0.15, 0.2) is 23.0 Å². The van der Waals surface area contributed by atoms with Crippen LogP contribution in [0.25, 0.3) is 16.6 Å². The second-order valence-electron chi connectivity index (χ2n) is 12.8. The Morgan fingerprint density at radius 3 is 2.27 bits per heavy atom. The van der Waals surface area contributed by atoms with Gasteiger partial charge < -0.3 is 33.4 Å².